The van der Waals surface area contributed by atoms with Gasteiger partial charge in [-0.15, -0.1) is 0 Å². The summed E-state index contributed by atoms with van der Waals surface area (Å²) in [5.41, 5.74) is 7.71. The predicted octanol–water partition coefficient (Wildman–Crippen LogP) is 1.98. The van der Waals surface area contributed by atoms with Crippen LogP contribution < -0.4 is 11.1 Å². The summed E-state index contributed by atoms with van der Waals surface area (Å²) in [5, 5.41) is 12.4. The van der Waals surface area contributed by atoms with Crippen molar-refractivity contribution in [2.45, 2.75) is 19.4 Å². The molecular formula is C13H17N3O. The van der Waals surface area contributed by atoms with E-state index in [1.54, 1.807) is 12.1 Å². The Morgan fingerprint density at radius 2 is 2.41 bits per heavy atom. The Balaban J connectivity index is 2.10. The van der Waals surface area contributed by atoms with Crippen LogP contribution in [0.15, 0.2) is 18.2 Å². The molecule has 1 aliphatic heterocycles. The maximum atomic E-state index is 9.05. The van der Waals surface area contributed by atoms with Crippen LogP contribution in [0.2, 0.25) is 0 Å². The van der Waals surface area contributed by atoms with E-state index < -0.39 is 0 Å². The van der Waals surface area contributed by atoms with Gasteiger partial charge >= 0.3 is 0 Å². The van der Waals surface area contributed by atoms with Crippen LogP contribution in [0.25, 0.3) is 0 Å². The molecule has 0 saturated carbocycles. The Kier molecular flexibility index (Phi) is 3.50. The predicted molar refractivity (Wildman–Crippen MR) is 67.6 cm³/mol. The number of hydrogen-bond acceptors (Lipinski definition) is 4. The van der Waals surface area contributed by atoms with Crippen molar-refractivity contribution in [1.82, 2.24) is 0 Å². The molecule has 4 heteroatoms. The number of nitrogen functional groups attached to an aromatic ring is 1. The molecule has 2 atom stereocenters. The molecule has 0 amide bonds. The van der Waals surface area contributed by atoms with E-state index >= 15 is 0 Å². The Morgan fingerprint density at radius 1 is 1.59 bits per heavy atom. The first kappa shape index (κ1) is 11.7. The maximum Gasteiger partial charge on any atom is 0.101 e. The average Bonchev–Trinajstić information content (AvgIpc) is 2.85. The SMILES string of the molecule is CC(Nc1ccc(N)cc1C#N)C1CCOC1. The van der Waals surface area contributed by atoms with Crippen LogP contribution in [0.4, 0.5) is 11.4 Å². The van der Waals surface area contributed by atoms with Crippen LogP contribution >= 0.6 is 0 Å². The van der Waals surface area contributed by atoms with E-state index in [9.17, 15) is 0 Å². The molecule has 0 radical (unpaired) electrons. The van der Waals surface area contributed by atoms with Gasteiger partial charge in [0.1, 0.15) is 6.07 Å². The van der Waals surface area contributed by atoms with Crippen molar-refractivity contribution < 1.29 is 4.74 Å². The van der Waals surface area contributed by atoms with E-state index in [2.05, 4.69) is 18.3 Å². The van der Waals surface area contributed by atoms with E-state index in [1.807, 2.05) is 6.07 Å². The molecular weight excluding hydrogens is 214 g/mol. The van der Waals surface area contributed by atoms with Crippen LogP contribution in [-0.2, 0) is 4.74 Å². The molecule has 2 rings (SSSR count). The molecule has 0 spiro atoms. The van der Waals surface area contributed by atoms with Gasteiger partial charge in [0, 0.05) is 24.3 Å². The van der Waals surface area contributed by atoms with E-state index in [0.29, 0.717) is 23.2 Å². The first-order chi connectivity index (χ1) is 8.20. The van der Waals surface area contributed by atoms with Crippen molar-refractivity contribution in [2.24, 2.45) is 5.92 Å². The first-order valence-corrected chi connectivity index (χ1v) is 5.84. The van der Waals surface area contributed by atoms with Gasteiger partial charge in [0.2, 0.25) is 0 Å². The van der Waals surface area contributed by atoms with Crippen molar-refractivity contribution in [2.75, 3.05) is 24.3 Å². The highest BCUT2D eigenvalue weighted by Gasteiger charge is 2.22. The standard InChI is InChI=1S/C13H17N3O/c1-9(10-4-5-17-8-10)16-13-3-2-12(15)6-11(13)7-14/h2-3,6,9-10,16H,4-5,8,15H2,1H3. The number of hydrogen-bond donors (Lipinski definition) is 2. The molecule has 0 aromatic heterocycles. The third kappa shape index (κ3) is 2.69. The minimum Gasteiger partial charge on any atom is -0.399 e. The van der Waals surface area contributed by atoms with Crippen molar-refractivity contribution >= 4 is 11.4 Å². The van der Waals surface area contributed by atoms with Gasteiger partial charge < -0.3 is 15.8 Å². The summed E-state index contributed by atoms with van der Waals surface area (Å²) < 4.78 is 5.37. The summed E-state index contributed by atoms with van der Waals surface area (Å²) >= 11 is 0. The largest absolute Gasteiger partial charge is 0.399 e. The van der Waals surface area contributed by atoms with Crippen LogP contribution in [0.1, 0.15) is 18.9 Å². The van der Waals surface area contributed by atoms with Gasteiger partial charge in [0.05, 0.1) is 17.9 Å². The van der Waals surface area contributed by atoms with E-state index in [0.717, 1.165) is 25.3 Å². The molecule has 4 nitrogen and oxygen atoms in total. The molecule has 90 valence electrons. The zero-order chi connectivity index (χ0) is 12.3. The van der Waals surface area contributed by atoms with Gasteiger partial charge in [0.25, 0.3) is 0 Å². The minimum atomic E-state index is 0.299. The maximum absolute atomic E-state index is 9.05. The average molecular weight is 231 g/mol. The monoisotopic (exact) mass is 231 g/mol. The first-order valence-electron chi connectivity index (χ1n) is 5.84. The molecule has 17 heavy (non-hydrogen) atoms. The van der Waals surface area contributed by atoms with Crippen LogP contribution in [-0.4, -0.2) is 19.3 Å². The third-order valence-electron chi connectivity index (χ3n) is 3.22. The third-order valence-corrected chi connectivity index (χ3v) is 3.22. The van der Waals surface area contributed by atoms with Crippen LogP contribution in [0.3, 0.4) is 0 Å². The Hall–Kier alpha value is -1.73. The van der Waals surface area contributed by atoms with Crippen LogP contribution in [0.5, 0.6) is 0 Å². The van der Waals surface area contributed by atoms with E-state index in [1.165, 1.54) is 0 Å². The fraction of sp³-hybridized carbons (Fsp3) is 0.462. The zero-order valence-electron chi connectivity index (χ0n) is 9.94. The Labute approximate surface area is 101 Å². The summed E-state index contributed by atoms with van der Waals surface area (Å²) in [7, 11) is 0. The van der Waals surface area contributed by atoms with Crippen molar-refractivity contribution in [3.05, 3.63) is 23.8 Å². The van der Waals surface area contributed by atoms with Gasteiger partial charge in [-0.2, -0.15) is 5.26 Å². The lowest BCUT2D eigenvalue weighted by Gasteiger charge is -2.21. The lowest BCUT2D eigenvalue weighted by molar-refractivity contribution is 0.183. The molecule has 1 aromatic rings. The Bertz CT molecular complexity index is 433. The molecule has 3 N–H and O–H groups in total. The molecule has 0 bridgehead atoms. The van der Waals surface area contributed by atoms with Gasteiger partial charge in [-0.3, -0.25) is 0 Å². The number of anilines is 2. The quantitative estimate of drug-likeness (QED) is 0.780. The van der Waals surface area contributed by atoms with Gasteiger partial charge in [-0.05, 0) is 31.5 Å². The number of nitriles is 1. The van der Waals surface area contributed by atoms with Gasteiger partial charge in [0.15, 0.2) is 0 Å². The highest BCUT2D eigenvalue weighted by molar-refractivity contribution is 5.63. The van der Waals surface area contributed by atoms with Crippen molar-refractivity contribution in [1.29, 1.82) is 5.26 Å². The number of rotatable bonds is 3. The number of ether oxygens (including phenoxy) is 1. The summed E-state index contributed by atoms with van der Waals surface area (Å²) in [5.74, 6) is 0.513. The molecule has 1 aromatic carbocycles. The summed E-state index contributed by atoms with van der Waals surface area (Å²) in [6.07, 6.45) is 1.07. The minimum absolute atomic E-state index is 0.299. The lowest BCUT2D eigenvalue weighted by Crippen LogP contribution is -2.26. The number of benzene rings is 1. The summed E-state index contributed by atoms with van der Waals surface area (Å²) in [4.78, 5) is 0. The second kappa shape index (κ2) is 5.07. The normalized spacial score (nSPS) is 20.8. The Morgan fingerprint density at radius 3 is 3.06 bits per heavy atom. The summed E-state index contributed by atoms with van der Waals surface area (Å²) in [6.45, 7) is 3.76. The number of nitrogens with two attached hydrogens (primary N) is 1. The highest BCUT2D eigenvalue weighted by atomic mass is 16.5. The van der Waals surface area contributed by atoms with Crippen molar-refractivity contribution in [3.8, 4) is 6.07 Å². The fourth-order valence-electron chi connectivity index (χ4n) is 2.09. The zero-order valence-corrected chi connectivity index (χ0v) is 9.94. The lowest BCUT2D eigenvalue weighted by atomic mass is 10.00. The van der Waals surface area contributed by atoms with Gasteiger partial charge in [-0.1, -0.05) is 0 Å². The fourth-order valence-corrected chi connectivity index (χ4v) is 2.09. The van der Waals surface area contributed by atoms with E-state index in [-0.39, 0.29) is 0 Å². The second-order valence-corrected chi connectivity index (χ2v) is 4.47. The number of nitrogens with zero attached hydrogens (tertiary/aromatic N) is 1. The number of nitrogens with one attached hydrogen (secondary N) is 1. The second-order valence-electron chi connectivity index (χ2n) is 4.47. The molecule has 0 aliphatic carbocycles. The topological polar surface area (TPSA) is 71.1 Å². The molecule has 1 saturated heterocycles. The van der Waals surface area contributed by atoms with Crippen molar-refractivity contribution in [3.63, 3.8) is 0 Å². The van der Waals surface area contributed by atoms with Crippen LogP contribution in [0, 0.1) is 17.2 Å². The molecule has 1 heterocycles. The van der Waals surface area contributed by atoms with Gasteiger partial charge in [-0.25, -0.2) is 0 Å². The van der Waals surface area contributed by atoms with E-state index in [4.69, 9.17) is 15.7 Å². The summed E-state index contributed by atoms with van der Waals surface area (Å²) in [6, 6.07) is 7.82. The molecule has 2 unspecified atom stereocenters. The smallest absolute Gasteiger partial charge is 0.101 e. The molecule has 1 aliphatic rings. The highest BCUT2D eigenvalue weighted by Crippen LogP contribution is 2.23. The molecule has 1 fully saturated rings.